The third-order valence-electron chi connectivity index (χ3n) is 3.18. The van der Waals surface area contributed by atoms with Crippen LogP contribution in [0.3, 0.4) is 0 Å². The van der Waals surface area contributed by atoms with Crippen LogP contribution >= 0.6 is 0 Å². The number of hydrogen-bond donors (Lipinski definition) is 0. The van der Waals surface area contributed by atoms with Crippen molar-refractivity contribution >= 4 is 21.6 Å². The largest absolute Gasteiger partial charge is 0.341 e. The highest BCUT2D eigenvalue weighted by Gasteiger charge is 2.26. The highest BCUT2D eigenvalue weighted by atomic mass is 32.2. The summed E-state index contributed by atoms with van der Waals surface area (Å²) in [6.45, 7) is 3.22. The minimum absolute atomic E-state index is 0.123. The highest BCUT2D eigenvalue weighted by molar-refractivity contribution is 7.92. The quantitative estimate of drug-likeness (QED) is 0.827. The molecule has 0 unspecified atom stereocenters. The zero-order chi connectivity index (χ0) is 14.0. The van der Waals surface area contributed by atoms with Gasteiger partial charge in [-0.1, -0.05) is 12.1 Å². The first-order chi connectivity index (χ1) is 8.88. The maximum Gasteiger partial charge on any atom is 0.243 e. The summed E-state index contributed by atoms with van der Waals surface area (Å²) in [5.41, 5.74) is 1.50. The molecule has 1 aromatic rings. The van der Waals surface area contributed by atoms with Crippen LogP contribution in [0.2, 0.25) is 0 Å². The smallest absolute Gasteiger partial charge is 0.243 e. The van der Waals surface area contributed by atoms with Crippen LogP contribution in [0, 0.1) is 6.92 Å². The molecule has 5 nitrogen and oxygen atoms in total. The van der Waals surface area contributed by atoms with Crippen molar-refractivity contribution in [3.8, 4) is 0 Å². The Morgan fingerprint density at radius 1 is 1.37 bits per heavy atom. The van der Waals surface area contributed by atoms with E-state index in [4.69, 9.17) is 0 Å². The number of rotatable bonds is 4. The van der Waals surface area contributed by atoms with Gasteiger partial charge in [-0.2, -0.15) is 0 Å². The van der Waals surface area contributed by atoms with Gasteiger partial charge >= 0.3 is 0 Å². The molecule has 0 N–H and O–H groups in total. The van der Waals surface area contributed by atoms with E-state index in [9.17, 15) is 13.2 Å². The summed E-state index contributed by atoms with van der Waals surface area (Å²) < 4.78 is 24.9. The van der Waals surface area contributed by atoms with Gasteiger partial charge in [0, 0.05) is 13.1 Å². The first kappa shape index (κ1) is 13.9. The van der Waals surface area contributed by atoms with Gasteiger partial charge < -0.3 is 4.90 Å². The lowest BCUT2D eigenvalue weighted by molar-refractivity contribution is -0.132. The molecule has 0 bridgehead atoms. The lowest BCUT2D eigenvalue weighted by atomic mass is 10.2. The van der Waals surface area contributed by atoms with Gasteiger partial charge in [0.15, 0.2) is 0 Å². The fourth-order valence-corrected chi connectivity index (χ4v) is 2.81. The molecule has 2 rings (SSSR count). The number of sulfonamides is 1. The maximum absolute atomic E-state index is 12.0. The third kappa shape index (κ3) is 3.26. The second-order valence-corrected chi connectivity index (χ2v) is 6.75. The van der Waals surface area contributed by atoms with Gasteiger partial charge in [-0.3, -0.25) is 9.10 Å². The summed E-state index contributed by atoms with van der Waals surface area (Å²) in [5.74, 6) is -0.141. The van der Waals surface area contributed by atoms with Gasteiger partial charge in [-0.05, 0) is 31.0 Å². The van der Waals surface area contributed by atoms with Crippen molar-refractivity contribution in [2.24, 2.45) is 0 Å². The third-order valence-corrected chi connectivity index (χ3v) is 4.32. The molecule has 1 aliphatic heterocycles. The lowest BCUT2D eigenvalue weighted by Gasteiger charge is -2.33. The average molecular weight is 282 g/mol. The monoisotopic (exact) mass is 282 g/mol. The Morgan fingerprint density at radius 2 is 2.05 bits per heavy atom. The molecule has 1 heterocycles. The summed E-state index contributed by atoms with van der Waals surface area (Å²) >= 11 is 0. The van der Waals surface area contributed by atoms with Gasteiger partial charge in [-0.15, -0.1) is 0 Å². The molecule has 1 amide bonds. The molecule has 0 atom stereocenters. The molecule has 0 saturated carbocycles. The standard InChI is InChI=1S/C13H18N2O3S/c1-11-5-3-6-12(9-11)15(19(2,17)18)10-13(16)14-7-4-8-14/h3,5-6,9H,4,7-8,10H2,1-2H3. The van der Waals surface area contributed by atoms with E-state index in [-0.39, 0.29) is 12.5 Å². The number of anilines is 1. The van der Waals surface area contributed by atoms with Gasteiger partial charge in [0.05, 0.1) is 11.9 Å². The van der Waals surface area contributed by atoms with Crippen LogP contribution in [0.4, 0.5) is 5.69 Å². The Kier molecular flexibility index (Phi) is 3.80. The molecule has 0 radical (unpaired) electrons. The number of carbonyl (C=O) groups is 1. The van der Waals surface area contributed by atoms with Crippen molar-refractivity contribution in [2.75, 3.05) is 30.2 Å². The predicted octanol–water partition coefficient (Wildman–Crippen LogP) is 0.993. The number of likely N-dealkylation sites (tertiary alicyclic amines) is 1. The van der Waals surface area contributed by atoms with E-state index in [1.807, 2.05) is 13.0 Å². The van der Waals surface area contributed by atoms with Crippen LogP contribution in [0.25, 0.3) is 0 Å². The van der Waals surface area contributed by atoms with Crippen LogP contribution in [0.15, 0.2) is 24.3 Å². The summed E-state index contributed by atoms with van der Waals surface area (Å²) in [6.07, 6.45) is 2.12. The van der Waals surface area contributed by atoms with E-state index >= 15 is 0 Å². The van der Waals surface area contributed by atoms with E-state index in [1.165, 1.54) is 4.31 Å². The average Bonchev–Trinajstić information content (AvgIpc) is 2.21. The van der Waals surface area contributed by atoms with Crippen LogP contribution in [0.1, 0.15) is 12.0 Å². The molecule has 19 heavy (non-hydrogen) atoms. The van der Waals surface area contributed by atoms with Gasteiger partial charge in [0.25, 0.3) is 0 Å². The van der Waals surface area contributed by atoms with Crippen LogP contribution in [0.5, 0.6) is 0 Å². The number of benzene rings is 1. The molecule has 0 aromatic heterocycles. The second-order valence-electron chi connectivity index (χ2n) is 4.84. The number of nitrogens with zero attached hydrogens (tertiary/aromatic N) is 2. The van der Waals surface area contributed by atoms with Crippen molar-refractivity contribution in [1.29, 1.82) is 0 Å². The Hall–Kier alpha value is -1.56. The van der Waals surface area contributed by atoms with E-state index in [0.29, 0.717) is 5.69 Å². The van der Waals surface area contributed by atoms with Crippen molar-refractivity contribution < 1.29 is 13.2 Å². The van der Waals surface area contributed by atoms with Crippen LogP contribution in [-0.4, -0.2) is 45.1 Å². The minimum atomic E-state index is -3.46. The molecule has 1 saturated heterocycles. The Balaban J connectivity index is 2.24. The molecule has 104 valence electrons. The topological polar surface area (TPSA) is 57.7 Å². The molecular weight excluding hydrogens is 264 g/mol. The molecular formula is C13H18N2O3S. The number of carbonyl (C=O) groups excluding carboxylic acids is 1. The molecule has 1 aromatic carbocycles. The maximum atomic E-state index is 12.0. The van der Waals surface area contributed by atoms with Crippen LogP contribution < -0.4 is 4.31 Å². The first-order valence-electron chi connectivity index (χ1n) is 6.20. The summed E-state index contributed by atoms with van der Waals surface area (Å²) in [6, 6.07) is 7.15. The predicted molar refractivity (Wildman–Crippen MR) is 74.6 cm³/mol. The molecule has 1 fully saturated rings. The highest BCUT2D eigenvalue weighted by Crippen LogP contribution is 2.19. The Labute approximate surface area is 113 Å². The minimum Gasteiger partial charge on any atom is -0.341 e. The van der Waals surface area contributed by atoms with Crippen molar-refractivity contribution in [3.05, 3.63) is 29.8 Å². The molecule has 6 heteroatoms. The zero-order valence-electron chi connectivity index (χ0n) is 11.2. The van der Waals surface area contributed by atoms with Crippen molar-refractivity contribution in [1.82, 2.24) is 4.90 Å². The number of hydrogen-bond acceptors (Lipinski definition) is 3. The first-order valence-corrected chi connectivity index (χ1v) is 8.05. The van der Waals surface area contributed by atoms with Gasteiger partial charge in [0.2, 0.25) is 15.9 Å². The van der Waals surface area contributed by atoms with Crippen molar-refractivity contribution in [2.45, 2.75) is 13.3 Å². The van der Waals surface area contributed by atoms with Gasteiger partial charge in [0.1, 0.15) is 6.54 Å². The van der Waals surface area contributed by atoms with E-state index in [0.717, 1.165) is 31.3 Å². The fraction of sp³-hybridized carbons (Fsp3) is 0.462. The number of amides is 1. The fourth-order valence-electron chi connectivity index (χ4n) is 1.97. The van der Waals surface area contributed by atoms with Gasteiger partial charge in [-0.25, -0.2) is 8.42 Å². The summed E-state index contributed by atoms with van der Waals surface area (Å²) in [4.78, 5) is 13.6. The van der Waals surface area contributed by atoms with E-state index in [1.54, 1.807) is 23.1 Å². The second kappa shape index (κ2) is 5.21. The molecule has 1 aliphatic rings. The summed E-state index contributed by atoms with van der Waals surface area (Å²) in [5, 5.41) is 0. The Morgan fingerprint density at radius 3 is 2.53 bits per heavy atom. The molecule has 0 aliphatic carbocycles. The zero-order valence-corrected chi connectivity index (χ0v) is 12.0. The van der Waals surface area contributed by atoms with E-state index < -0.39 is 10.0 Å². The lowest BCUT2D eigenvalue weighted by Crippen LogP contribution is -2.48. The summed E-state index contributed by atoms with van der Waals surface area (Å²) in [7, 11) is -3.46. The molecule has 0 spiro atoms. The van der Waals surface area contributed by atoms with E-state index in [2.05, 4.69) is 0 Å². The number of aryl methyl sites for hydroxylation is 1. The van der Waals surface area contributed by atoms with Crippen LogP contribution in [-0.2, 0) is 14.8 Å². The normalized spacial score (nSPS) is 14.9. The SMILES string of the molecule is Cc1cccc(N(CC(=O)N2CCC2)S(C)(=O)=O)c1. The Bertz CT molecular complexity index is 579. The van der Waals surface area contributed by atoms with Crippen molar-refractivity contribution in [3.63, 3.8) is 0 Å².